The fourth-order valence-corrected chi connectivity index (χ4v) is 1.98. The van der Waals surface area contributed by atoms with Crippen molar-refractivity contribution in [3.8, 4) is 0 Å². The highest BCUT2D eigenvalue weighted by atomic mass is 14.9. The Morgan fingerprint density at radius 1 is 1.24 bits per heavy atom. The third-order valence-electron chi connectivity index (χ3n) is 3.36. The summed E-state index contributed by atoms with van der Waals surface area (Å²) in [5, 5.41) is 3.38. The van der Waals surface area contributed by atoms with Crippen LogP contribution >= 0.6 is 0 Å². The summed E-state index contributed by atoms with van der Waals surface area (Å²) >= 11 is 0. The van der Waals surface area contributed by atoms with Crippen LogP contribution in [0.25, 0.3) is 0 Å². The van der Waals surface area contributed by atoms with E-state index < -0.39 is 0 Å². The van der Waals surface area contributed by atoms with E-state index >= 15 is 0 Å². The molecular formula is C15H26N2. The summed E-state index contributed by atoms with van der Waals surface area (Å²) in [6, 6.07) is 7.09. The van der Waals surface area contributed by atoms with Gasteiger partial charge >= 0.3 is 0 Å². The zero-order chi connectivity index (χ0) is 13.1. The normalized spacial score (nSPS) is 13.8. The van der Waals surface area contributed by atoms with Crippen LogP contribution in [0.4, 0.5) is 0 Å². The Morgan fingerprint density at radius 2 is 1.88 bits per heavy atom. The van der Waals surface area contributed by atoms with Gasteiger partial charge in [0.15, 0.2) is 0 Å². The Kier molecular flexibility index (Phi) is 4.72. The van der Waals surface area contributed by atoms with Crippen LogP contribution in [0.15, 0.2) is 18.2 Å². The maximum atomic E-state index is 6.04. The molecule has 1 atom stereocenters. The minimum absolute atomic E-state index is 0.0885. The highest BCUT2D eigenvalue weighted by molar-refractivity contribution is 5.31. The fraction of sp³-hybridized carbons (Fsp3) is 0.600. The van der Waals surface area contributed by atoms with E-state index in [2.05, 4.69) is 51.2 Å². The van der Waals surface area contributed by atoms with Gasteiger partial charge in [-0.3, -0.25) is 0 Å². The van der Waals surface area contributed by atoms with Gasteiger partial charge in [0.25, 0.3) is 0 Å². The molecule has 2 heteroatoms. The van der Waals surface area contributed by atoms with Gasteiger partial charge in [0.05, 0.1) is 0 Å². The van der Waals surface area contributed by atoms with Crippen LogP contribution in [0.5, 0.6) is 0 Å². The van der Waals surface area contributed by atoms with E-state index in [1.54, 1.807) is 0 Å². The maximum absolute atomic E-state index is 6.04. The SMILES string of the molecule is CNC(CCC(C)(C)N)c1ccc(C)c(C)c1. The van der Waals surface area contributed by atoms with Crippen LogP contribution in [0, 0.1) is 13.8 Å². The van der Waals surface area contributed by atoms with Gasteiger partial charge in [0.2, 0.25) is 0 Å². The molecule has 0 saturated carbocycles. The van der Waals surface area contributed by atoms with Crippen molar-refractivity contribution in [2.75, 3.05) is 7.05 Å². The number of nitrogens with one attached hydrogen (secondary N) is 1. The van der Waals surface area contributed by atoms with Crippen LogP contribution in [-0.2, 0) is 0 Å². The number of aryl methyl sites for hydroxylation is 2. The number of benzene rings is 1. The molecule has 0 spiro atoms. The minimum atomic E-state index is -0.0885. The predicted octanol–water partition coefficient (Wildman–Crippen LogP) is 3.08. The van der Waals surface area contributed by atoms with E-state index in [0.717, 1.165) is 12.8 Å². The number of hydrogen-bond donors (Lipinski definition) is 2. The first-order valence-corrected chi connectivity index (χ1v) is 6.37. The van der Waals surface area contributed by atoms with Crippen LogP contribution in [0.1, 0.15) is 49.4 Å². The van der Waals surface area contributed by atoms with E-state index in [-0.39, 0.29) is 5.54 Å². The monoisotopic (exact) mass is 234 g/mol. The molecule has 17 heavy (non-hydrogen) atoms. The highest BCUT2D eigenvalue weighted by Gasteiger charge is 2.16. The Bertz CT molecular complexity index is 364. The van der Waals surface area contributed by atoms with Crippen LogP contribution in [0.2, 0.25) is 0 Å². The van der Waals surface area contributed by atoms with Gasteiger partial charge in [-0.2, -0.15) is 0 Å². The first-order chi connectivity index (χ1) is 7.83. The Morgan fingerprint density at radius 3 is 2.35 bits per heavy atom. The van der Waals surface area contributed by atoms with Crippen LogP contribution < -0.4 is 11.1 Å². The lowest BCUT2D eigenvalue weighted by Crippen LogP contribution is -2.33. The Balaban J connectivity index is 2.76. The van der Waals surface area contributed by atoms with E-state index in [1.165, 1.54) is 16.7 Å². The average Bonchev–Trinajstić information content (AvgIpc) is 2.22. The molecule has 3 N–H and O–H groups in total. The third-order valence-corrected chi connectivity index (χ3v) is 3.36. The van der Waals surface area contributed by atoms with Crippen molar-refractivity contribution in [3.05, 3.63) is 34.9 Å². The second-order valence-corrected chi connectivity index (χ2v) is 5.71. The lowest BCUT2D eigenvalue weighted by molar-refractivity contribution is 0.411. The van der Waals surface area contributed by atoms with Crippen molar-refractivity contribution < 1.29 is 0 Å². The van der Waals surface area contributed by atoms with Crippen LogP contribution in [-0.4, -0.2) is 12.6 Å². The quantitative estimate of drug-likeness (QED) is 0.821. The van der Waals surface area contributed by atoms with Gasteiger partial charge in [-0.15, -0.1) is 0 Å². The summed E-state index contributed by atoms with van der Waals surface area (Å²) in [6.07, 6.45) is 2.09. The van der Waals surface area contributed by atoms with Gasteiger partial charge in [-0.05, 0) is 64.3 Å². The molecule has 2 nitrogen and oxygen atoms in total. The number of nitrogens with two attached hydrogens (primary N) is 1. The molecule has 0 heterocycles. The van der Waals surface area contributed by atoms with Crippen molar-refractivity contribution in [2.45, 2.75) is 52.1 Å². The first kappa shape index (κ1) is 14.2. The molecule has 0 aromatic heterocycles. The van der Waals surface area contributed by atoms with Crippen molar-refractivity contribution in [3.63, 3.8) is 0 Å². The molecule has 0 fully saturated rings. The molecule has 0 amide bonds. The molecule has 0 aliphatic rings. The largest absolute Gasteiger partial charge is 0.326 e. The van der Waals surface area contributed by atoms with E-state index in [4.69, 9.17) is 5.73 Å². The van der Waals surface area contributed by atoms with Gasteiger partial charge in [-0.25, -0.2) is 0 Å². The molecule has 1 aromatic carbocycles. The maximum Gasteiger partial charge on any atom is 0.0318 e. The molecule has 1 aromatic rings. The lowest BCUT2D eigenvalue weighted by Gasteiger charge is -2.23. The predicted molar refractivity (Wildman–Crippen MR) is 75.2 cm³/mol. The summed E-state index contributed by atoms with van der Waals surface area (Å²) in [4.78, 5) is 0. The molecule has 0 bridgehead atoms. The standard InChI is InChI=1S/C15H26N2/c1-11-6-7-13(10-12(11)2)14(17-5)8-9-15(3,4)16/h6-7,10,14,17H,8-9,16H2,1-5H3. The third kappa shape index (κ3) is 4.49. The summed E-state index contributed by atoms with van der Waals surface area (Å²) in [5.74, 6) is 0. The van der Waals surface area contributed by atoms with Gasteiger partial charge < -0.3 is 11.1 Å². The Hall–Kier alpha value is -0.860. The fourth-order valence-electron chi connectivity index (χ4n) is 1.98. The summed E-state index contributed by atoms with van der Waals surface area (Å²) in [7, 11) is 2.02. The zero-order valence-corrected chi connectivity index (χ0v) is 11.8. The first-order valence-electron chi connectivity index (χ1n) is 6.37. The van der Waals surface area contributed by atoms with Crippen molar-refractivity contribution >= 4 is 0 Å². The Labute approximate surface area is 106 Å². The summed E-state index contributed by atoms with van der Waals surface area (Å²) in [5.41, 5.74) is 10.0. The van der Waals surface area contributed by atoms with Crippen molar-refractivity contribution in [1.82, 2.24) is 5.32 Å². The average molecular weight is 234 g/mol. The summed E-state index contributed by atoms with van der Waals surface area (Å²) < 4.78 is 0. The second-order valence-electron chi connectivity index (χ2n) is 5.71. The second kappa shape index (κ2) is 5.65. The van der Waals surface area contributed by atoms with Crippen molar-refractivity contribution in [1.29, 1.82) is 0 Å². The van der Waals surface area contributed by atoms with Gasteiger partial charge in [0.1, 0.15) is 0 Å². The number of rotatable bonds is 5. The topological polar surface area (TPSA) is 38.0 Å². The minimum Gasteiger partial charge on any atom is -0.326 e. The molecule has 0 saturated heterocycles. The van der Waals surface area contributed by atoms with Gasteiger partial charge in [-0.1, -0.05) is 18.2 Å². The van der Waals surface area contributed by atoms with E-state index in [1.807, 2.05) is 7.05 Å². The van der Waals surface area contributed by atoms with Crippen LogP contribution in [0.3, 0.4) is 0 Å². The molecule has 1 rings (SSSR count). The highest BCUT2D eigenvalue weighted by Crippen LogP contribution is 2.23. The molecule has 0 aliphatic carbocycles. The molecule has 0 radical (unpaired) electrons. The molecule has 1 unspecified atom stereocenters. The molecule has 0 aliphatic heterocycles. The molecule has 96 valence electrons. The summed E-state index contributed by atoms with van der Waals surface area (Å²) in [6.45, 7) is 8.48. The zero-order valence-electron chi connectivity index (χ0n) is 11.8. The molecular weight excluding hydrogens is 208 g/mol. The lowest BCUT2D eigenvalue weighted by atomic mass is 9.92. The van der Waals surface area contributed by atoms with Gasteiger partial charge in [0, 0.05) is 11.6 Å². The van der Waals surface area contributed by atoms with Crippen molar-refractivity contribution in [2.24, 2.45) is 5.73 Å². The smallest absolute Gasteiger partial charge is 0.0318 e. The van der Waals surface area contributed by atoms with E-state index in [9.17, 15) is 0 Å². The van der Waals surface area contributed by atoms with E-state index in [0.29, 0.717) is 6.04 Å². The number of hydrogen-bond acceptors (Lipinski definition) is 2.